The van der Waals surface area contributed by atoms with Gasteiger partial charge in [0.15, 0.2) is 0 Å². The molecule has 2 aliphatic rings. The number of aliphatic carboxylic acids is 1. The van der Waals surface area contributed by atoms with Gasteiger partial charge in [-0.15, -0.1) is 0 Å². The second-order valence-electron chi connectivity index (χ2n) is 4.43. The number of nitrogens with one attached hydrogen (secondary N) is 1. The van der Waals surface area contributed by atoms with Crippen molar-refractivity contribution in [2.24, 2.45) is 11.8 Å². The van der Waals surface area contributed by atoms with Crippen molar-refractivity contribution in [3.63, 3.8) is 0 Å². The number of rotatable bonds is 5. The van der Waals surface area contributed by atoms with Crippen molar-refractivity contribution in [2.45, 2.75) is 18.9 Å². The largest absolute Gasteiger partial charge is 0.481 e. The van der Waals surface area contributed by atoms with Crippen molar-refractivity contribution in [1.82, 2.24) is 4.72 Å². The summed E-state index contributed by atoms with van der Waals surface area (Å²) in [6, 6.07) is -0.624. The third-order valence-corrected chi connectivity index (χ3v) is 4.45. The average molecular weight is 249 g/mol. The number of ether oxygens (including phenoxy) is 1. The predicted molar refractivity (Wildman–Crippen MR) is 55.4 cm³/mol. The Morgan fingerprint density at radius 2 is 2.06 bits per heavy atom. The summed E-state index contributed by atoms with van der Waals surface area (Å²) >= 11 is 0. The van der Waals surface area contributed by atoms with Gasteiger partial charge in [-0.25, -0.2) is 13.1 Å². The third-order valence-electron chi connectivity index (χ3n) is 2.88. The van der Waals surface area contributed by atoms with Gasteiger partial charge < -0.3 is 9.84 Å². The highest BCUT2D eigenvalue weighted by Crippen LogP contribution is 2.30. The fourth-order valence-corrected chi connectivity index (χ4v) is 3.53. The quantitative estimate of drug-likeness (QED) is 0.679. The third kappa shape index (κ3) is 2.93. The van der Waals surface area contributed by atoms with Gasteiger partial charge in [-0.1, -0.05) is 0 Å². The minimum Gasteiger partial charge on any atom is -0.481 e. The summed E-state index contributed by atoms with van der Waals surface area (Å²) in [4.78, 5) is 10.8. The number of carboxylic acid groups (broad SMARTS) is 1. The van der Waals surface area contributed by atoms with Crippen LogP contribution in [-0.2, 0) is 19.6 Å². The fraction of sp³-hybridized carbons (Fsp3) is 0.889. The molecule has 1 saturated heterocycles. The van der Waals surface area contributed by atoms with E-state index < -0.39 is 28.0 Å². The van der Waals surface area contributed by atoms with E-state index in [1.54, 1.807) is 0 Å². The minimum atomic E-state index is -3.36. The Kier molecular flexibility index (Phi) is 3.18. The Bertz CT molecular complexity index is 375. The molecule has 7 heteroatoms. The van der Waals surface area contributed by atoms with Crippen molar-refractivity contribution in [2.75, 3.05) is 19.0 Å². The van der Waals surface area contributed by atoms with E-state index in [2.05, 4.69) is 4.72 Å². The molecular formula is C9H15NO5S. The lowest BCUT2D eigenvalue weighted by Crippen LogP contribution is -2.43. The zero-order valence-corrected chi connectivity index (χ0v) is 9.57. The molecule has 0 amide bonds. The molecule has 2 atom stereocenters. The van der Waals surface area contributed by atoms with Crippen molar-refractivity contribution in [3.05, 3.63) is 0 Å². The molecule has 0 aromatic carbocycles. The first-order valence-electron chi connectivity index (χ1n) is 5.28. The average Bonchev–Trinajstić information content (AvgIpc) is 2.80. The summed E-state index contributed by atoms with van der Waals surface area (Å²) in [5.74, 6) is -1.43. The van der Waals surface area contributed by atoms with Gasteiger partial charge >= 0.3 is 5.97 Å². The van der Waals surface area contributed by atoms with E-state index in [9.17, 15) is 13.2 Å². The van der Waals surface area contributed by atoms with Gasteiger partial charge in [0, 0.05) is 0 Å². The van der Waals surface area contributed by atoms with Crippen molar-refractivity contribution >= 4 is 16.0 Å². The first-order valence-corrected chi connectivity index (χ1v) is 6.94. The van der Waals surface area contributed by atoms with Crippen molar-refractivity contribution in [1.29, 1.82) is 0 Å². The zero-order chi connectivity index (χ0) is 11.8. The molecule has 1 saturated carbocycles. The number of carboxylic acids is 1. The van der Waals surface area contributed by atoms with Crippen LogP contribution >= 0.6 is 0 Å². The summed E-state index contributed by atoms with van der Waals surface area (Å²) in [5, 5.41) is 8.86. The van der Waals surface area contributed by atoms with Crippen LogP contribution in [0.1, 0.15) is 12.8 Å². The Labute approximate surface area is 94.0 Å². The standard InChI is InChI=1S/C9H15NO5S/c11-9(12)7-3-15-4-8(7)10-16(13,14)5-6-1-2-6/h6-8,10H,1-5H2,(H,11,12). The molecular weight excluding hydrogens is 234 g/mol. The molecule has 16 heavy (non-hydrogen) atoms. The van der Waals surface area contributed by atoms with Gasteiger partial charge in [-0.05, 0) is 18.8 Å². The maximum absolute atomic E-state index is 11.6. The minimum absolute atomic E-state index is 0.0753. The highest BCUT2D eigenvalue weighted by atomic mass is 32.2. The van der Waals surface area contributed by atoms with E-state index >= 15 is 0 Å². The first kappa shape index (κ1) is 11.8. The lowest BCUT2D eigenvalue weighted by atomic mass is 10.1. The predicted octanol–water partition coefficient (Wildman–Crippen LogP) is -0.585. The van der Waals surface area contributed by atoms with Crippen LogP contribution < -0.4 is 4.72 Å². The highest BCUT2D eigenvalue weighted by molar-refractivity contribution is 7.89. The Balaban J connectivity index is 1.94. The lowest BCUT2D eigenvalue weighted by Gasteiger charge is -2.15. The number of carbonyl (C=O) groups is 1. The molecule has 1 aliphatic carbocycles. The van der Waals surface area contributed by atoms with Crippen LogP contribution in [0.5, 0.6) is 0 Å². The molecule has 1 heterocycles. The van der Waals surface area contributed by atoms with E-state index in [1.165, 1.54) is 0 Å². The Hall–Kier alpha value is -0.660. The molecule has 0 aromatic rings. The van der Waals surface area contributed by atoms with Gasteiger partial charge in [0.25, 0.3) is 0 Å². The van der Waals surface area contributed by atoms with E-state index in [0.29, 0.717) is 0 Å². The van der Waals surface area contributed by atoms with Crippen LogP contribution in [0.15, 0.2) is 0 Å². The molecule has 0 bridgehead atoms. The fourth-order valence-electron chi connectivity index (χ4n) is 1.79. The maximum Gasteiger partial charge on any atom is 0.310 e. The second kappa shape index (κ2) is 4.31. The van der Waals surface area contributed by atoms with Gasteiger partial charge in [0.05, 0.1) is 30.9 Å². The molecule has 2 unspecified atom stereocenters. The summed E-state index contributed by atoms with van der Waals surface area (Å²) in [7, 11) is -3.36. The molecule has 2 N–H and O–H groups in total. The van der Waals surface area contributed by atoms with Gasteiger partial charge in [-0.3, -0.25) is 4.79 Å². The molecule has 0 spiro atoms. The first-order chi connectivity index (χ1) is 7.48. The summed E-state index contributed by atoms with van der Waals surface area (Å²) in [5.41, 5.74) is 0. The van der Waals surface area contributed by atoms with E-state index in [0.717, 1.165) is 12.8 Å². The summed E-state index contributed by atoms with van der Waals surface area (Å²) in [6.07, 6.45) is 1.90. The molecule has 92 valence electrons. The van der Waals surface area contributed by atoms with Crippen LogP contribution in [0.25, 0.3) is 0 Å². The SMILES string of the molecule is O=C(O)C1COCC1NS(=O)(=O)CC1CC1. The van der Waals surface area contributed by atoms with Crippen LogP contribution in [-0.4, -0.2) is 44.5 Å². The van der Waals surface area contributed by atoms with Crippen molar-refractivity contribution < 1.29 is 23.1 Å². The second-order valence-corrected chi connectivity index (χ2v) is 6.23. The molecule has 0 aromatic heterocycles. The summed E-state index contributed by atoms with van der Waals surface area (Å²) < 4.78 is 30.7. The molecule has 1 aliphatic heterocycles. The van der Waals surface area contributed by atoms with Crippen LogP contribution in [0.2, 0.25) is 0 Å². The smallest absolute Gasteiger partial charge is 0.310 e. The lowest BCUT2D eigenvalue weighted by molar-refractivity contribution is -0.142. The van der Waals surface area contributed by atoms with E-state index in [1.807, 2.05) is 0 Å². The van der Waals surface area contributed by atoms with E-state index in [-0.39, 0.29) is 24.9 Å². The molecule has 6 nitrogen and oxygen atoms in total. The monoisotopic (exact) mass is 249 g/mol. The summed E-state index contributed by atoms with van der Waals surface area (Å²) in [6.45, 7) is 0.215. The number of hydrogen-bond donors (Lipinski definition) is 2. The normalized spacial score (nSPS) is 30.5. The molecule has 2 rings (SSSR count). The van der Waals surface area contributed by atoms with Crippen molar-refractivity contribution in [3.8, 4) is 0 Å². The van der Waals surface area contributed by atoms with Gasteiger partial charge in [0.2, 0.25) is 10.0 Å². The molecule has 0 radical (unpaired) electrons. The number of hydrogen-bond acceptors (Lipinski definition) is 4. The maximum atomic E-state index is 11.6. The van der Waals surface area contributed by atoms with Crippen LogP contribution in [0.4, 0.5) is 0 Å². The highest BCUT2D eigenvalue weighted by Gasteiger charge is 2.38. The van der Waals surface area contributed by atoms with Crippen LogP contribution in [0, 0.1) is 11.8 Å². The molecule has 2 fully saturated rings. The Morgan fingerprint density at radius 3 is 2.62 bits per heavy atom. The van der Waals surface area contributed by atoms with Gasteiger partial charge in [-0.2, -0.15) is 0 Å². The topological polar surface area (TPSA) is 92.7 Å². The van der Waals surface area contributed by atoms with E-state index in [4.69, 9.17) is 9.84 Å². The van der Waals surface area contributed by atoms with Crippen LogP contribution in [0.3, 0.4) is 0 Å². The zero-order valence-electron chi connectivity index (χ0n) is 8.76. The van der Waals surface area contributed by atoms with Gasteiger partial charge in [0.1, 0.15) is 0 Å². The Morgan fingerprint density at radius 1 is 1.38 bits per heavy atom. The number of sulfonamides is 1.